The Bertz CT molecular complexity index is 330. The molecule has 0 saturated carbocycles. The zero-order valence-corrected chi connectivity index (χ0v) is 11.1. The molecular weight excluding hydrogens is 215 g/mol. The SMILES string of the molecule is CCCC(CCC)c1ccc(F)c(OCC)c1. The van der Waals surface area contributed by atoms with Crippen LogP contribution in [0.3, 0.4) is 0 Å². The molecular formula is C15H23FO. The number of rotatable bonds is 7. The first-order valence-electron chi connectivity index (χ1n) is 6.65. The van der Waals surface area contributed by atoms with Crippen LogP contribution in [0.4, 0.5) is 4.39 Å². The molecule has 0 N–H and O–H groups in total. The number of halogens is 1. The summed E-state index contributed by atoms with van der Waals surface area (Å²) in [6.45, 7) is 6.76. The molecule has 1 aromatic carbocycles. The summed E-state index contributed by atoms with van der Waals surface area (Å²) >= 11 is 0. The smallest absolute Gasteiger partial charge is 0.165 e. The van der Waals surface area contributed by atoms with Gasteiger partial charge in [0.2, 0.25) is 0 Å². The predicted octanol–water partition coefficient (Wildman–Crippen LogP) is 4.91. The van der Waals surface area contributed by atoms with Crippen LogP contribution in [0.25, 0.3) is 0 Å². The summed E-state index contributed by atoms with van der Waals surface area (Å²) in [6.07, 6.45) is 4.63. The highest BCUT2D eigenvalue weighted by Crippen LogP contribution is 2.30. The van der Waals surface area contributed by atoms with Crippen LogP contribution in [0.2, 0.25) is 0 Å². The highest BCUT2D eigenvalue weighted by atomic mass is 19.1. The topological polar surface area (TPSA) is 9.23 Å². The summed E-state index contributed by atoms with van der Waals surface area (Å²) < 4.78 is 18.8. The molecule has 1 aromatic rings. The Kier molecular flexibility index (Phi) is 6.03. The first kappa shape index (κ1) is 14.0. The molecule has 0 fully saturated rings. The fourth-order valence-electron chi connectivity index (χ4n) is 2.21. The van der Waals surface area contributed by atoms with Crippen LogP contribution in [0.1, 0.15) is 57.9 Å². The molecule has 96 valence electrons. The van der Waals surface area contributed by atoms with Gasteiger partial charge in [-0.05, 0) is 43.4 Å². The summed E-state index contributed by atoms with van der Waals surface area (Å²) in [6, 6.07) is 5.29. The summed E-state index contributed by atoms with van der Waals surface area (Å²) in [5, 5.41) is 0. The average molecular weight is 238 g/mol. The zero-order valence-electron chi connectivity index (χ0n) is 11.1. The van der Waals surface area contributed by atoms with Crippen LogP contribution in [0.15, 0.2) is 18.2 Å². The molecule has 0 saturated heterocycles. The van der Waals surface area contributed by atoms with E-state index in [0.717, 1.165) is 25.7 Å². The third-order valence-electron chi connectivity index (χ3n) is 3.00. The van der Waals surface area contributed by atoms with Gasteiger partial charge in [0.1, 0.15) is 0 Å². The second kappa shape index (κ2) is 7.31. The first-order valence-corrected chi connectivity index (χ1v) is 6.65. The van der Waals surface area contributed by atoms with Gasteiger partial charge >= 0.3 is 0 Å². The lowest BCUT2D eigenvalue weighted by Gasteiger charge is -2.17. The molecule has 0 radical (unpaired) electrons. The van der Waals surface area contributed by atoms with E-state index in [1.165, 1.54) is 11.6 Å². The van der Waals surface area contributed by atoms with Gasteiger partial charge in [-0.25, -0.2) is 4.39 Å². The van der Waals surface area contributed by atoms with Crippen molar-refractivity contribution in [1.29, 1.82) is 0 Å². The minimum Gasteiger partial charge on any atom is -0.491 e. The van der Waals surface area contributed by atoms with Gasteiger partial charge in [-0.15, -0.1) is 0 Å². The van der Waals surface area contributed by atoms with Crippen LogP contribution in [0.5, 0.6) is 5.75 Å². The molecule has 2 heteroatoms. The van der Waals surface area contributed by atoms with Gasteiger partial charge in [-0.3, -0.25) is 0 Å². The van der Waals surface area contributed by atoms with Crippen molar-refractivity contribution in [3.05, 3.63) is 29.6 Å². The van der Waals surface area contributed by atoms with Crippen molar-refractivity contribution >= 4 is 0 Å². The van der Waals surface area contributed by atoms with Gasteiger partial charge in [0.05, 0.1) is 6.61 Å². The van der Waals surface area contributed by atoms with E-state index in [1.54, 1.807) is 0 Å². The van der Waals surface area contributed by atoms with Gasteiger partial charge < -0.3 is 4.74 Å². The van der Waals surface area contributed by atoms with Crippen LogP contribution < -0.4 is 4.74 Å². The highest BCUT2D eigenvalue weighted by Gasteiger charge is 2.12. The number of hydrogen-bond donors (Lipinski definition) is 0. The van der Waals surface area contributed by atoms with Crippen molar-refractivity contribution in [2.45, 2.75) is 52.4 Å². The van der Waals surface area contributed by atoms with E-state index in [-0.39, 0.29) is 5.82 Å². The quantitative estimate of drug-likeness (QED) is 0.656. The van der Waals surface area contributed by atoms with Crippen molar-refractivity contribution in [2.24, 2.45) is 0 Å². The second-order valence-corrected chi connectivity index (χ2v) is 4.40. The fraction of sp³-hybridized carbons (Fsp3) is 0.600. The molecule has 1 nitrogen and oxygen atoms in total. The largest absolute Gasteiger partial charge is 0.491 e. The summed E-state index contributed by atoms with van der Waals surface area (Å²) in [5.74, 6) is 0.661. The molecule has 0 spiro atoms. The van der Waals surface area contributed by atoms with Gasteiger partial charge in [-0.1, -0.05) is 32.8 Å². The van der Waals surface area contributed by atoms with Crippen molar-refractivity contribution in [3.8, 4) is 5.75 Å². The molecule has 0 aromatic heterocycles. The monoisotopic (exact) mass is 238 g/mol. The number of benzene rings is 1. The molecule has 0 aliphatic heterocycles. The van der Waals surface area contributed by atoms with Crippen LogP contribution >= 0.6 is 0 Å². The molecule has 0 heterocycles. The lowest BCUT2D eigenvalue weighted by molar-refractivity contribution is 0.320. The Morgan fingerprint density at radius 1 is 1.12 bits per heavy atom. The zero-order chi connectivity index (χ0) is 12.7. The van der Waals surface area contributed by atoms with E-state index >= 15 is 0 Å². The predicted molar refractivity (Wildman–Crippen MR) is 70.1 cm³/mol. The summed E-state index contributed by atoms with van der Waals surface area (Å²) in [7, 11) is 0. The maximum absolute atomic E-state index is 13.5. The standard InChI is InChI=1S/C15H23FO/c1-4-7-12(8-5-2)13-9-10-14(16)15(11-13)17-6-3/h9-12H,4-8H2,1-3H3. The molecule has 0 aliphatic rings. The van der Waals surface area contributed by atoms with E-state index in [0.29, 0.717) is 18.3 Å². The second-order valence-electron chi connectivity index (χ2n) is 4.40. The van der Waals surface area contributed by atoms with Crippen molar-refractivity contribution in [2.75, 3.05) is 6.61 Å². The normalized spacial score (nSPS) is 10.9. The molecule has 0 bridgehead atoms. The highest BCUT2D eigenvalue weighted by molar-refractivity contribution is 5.32. The third-order valence-corrected chi connectivity index (χ3v) is 3.00. The van der Waals surface area contributed by atoms with Crippen LogP contribution in [0, 0.1) is 5.82 Å². The Morgan fingerprint density at radius 2 is 1.76 bits per heavy atom. The van der Waals surface area contributed by atoms with E-state index in [9.17, 15) is 4.39 Å². The number of hydrogen-bond acceptors (Lipinski definition) is 1. The molecule has 17 heavy (non-hydrogen) atoms. The summed E-state index contributed by atoms with van der Waals surface area (Å²) in [4.78, 5) is 0. The lowest BCUT2D eigenvalue weighted by Crippen LogP contribution is -2.01. The lowest BCUT2D eigenvalue weighted by atomic mass is 9.90. The number of ether oxygens (including phenoxy) is 1. The van der Waals surface area contributed by atoms with Gasteiger partial charge in [0, 0.05) is 0 Å². The van der Waals surface area contributed by atoms with Gasteiger partial charge in [0.15, 0.2) is 11.6 Å². The Labute approximate surface area is 104 Å². The molecule has 1 rings (SSSR count). The van der Waals surface area contributed by atoms with Gasteiger partial charge in [-0.2, -0.15) is 0 Å². The van der Waals surface area contributed by atoms with Crippen molar-refractivity contribution < 1.29 is 9.13 Å². The van der Waals surface area contributed by atoms with Crippen LogP contribution in [-0.2, 0) is 0 Å². The van der Waals surface area contributed by atoms with E-state index in [1.807, 2.05) is 19.1 Å². The summed E-state index contributed by atoms with van der Waals surface area (Å²) in [5.41, 5.74) is 1.21. The molecule has 0 amide bonds. The van der Waals surface area contributed by atoms with E-state index < -0.39 is 0 Å². The minimum atomic E-state index is -0.262. The Balaban J connectivity index is 2.90. The maximum Gasteiger partial charge on any atom is 0.165 e. The van der Waals surface area contributed by atoms with Gasteiger partial charge in [0.25, 0.3) is 0 Å². The molecule has 0 atom stereocenters. The first-order chi connectivity index (χ1) is 8.22. The van der Waals surface area contributed by atoms with Crippen molar-refractivity contribution in [1.82, 2.24) is 0 Å². The average Bonchev–Trinajstić information content (AvgIpc) is 2.32. The van der Waals surface area contributed by atoms with E-state index in [2.05, 4.69) is 13.8 Å². The molecule has 0 unspecified atom stereocenters. The van der Waals surface area contributed by atoms with Crippen LogP contribution in [-0.4, -0.2) is 6.61 Å². The molecule has 0 aliphatic carbocycles. The minimum absolute atomic E-state index is 0.262. The Hall–Kier alpha value is -1.05. The fourth-order valence-corrected chi connectivity index (χ4v) is 2.21. The Morgan fingerprint density at radius 3 is 2.29 bits per heavy atom. The third kappa shape index (κ3) is 4.03. The van der Waals surface area contributed by atoms with E-state index in [4.69, 9.17) is 4.74 Å². The maximum atomic E-state index is 13.5. The van der Waals surface area contributed by atoms with Crippen molar-refractivity contribution in [3.63, 3.8) is 0 Å².